The average molecular weight is 310 g/mol. The molecule has 2 N–H and O–H groups in total. The third kappa shape index (κ3) is 1.88. The van der Waals surface area contributed by atoms with Crippen molar-refractivity contribution in [3.05, 3.63) is 23.8 Å². The van der Waals surface area contributed by atoms with E-state index in [2.05, 4.69) is 0 Å². The van der Waals surface area contributed by atoms with E-state index in [1.807, 2.05) is 0 Å². The second-order valence-electron chi connectivity index (χ2n) is 5.32. The zero-order chi connectivity index (χ0) is 15.4. The molecule has 22 heavy (non-hydrogen) atoms. The van der Waals surface area contributed by atoms with Gasteiger partial charge in [0.05, 0.1) is 7.11 Å². The van der Waals surface area contributed by atoms with Gasteiger partial charge >= 0.3 is 5.97 Å². The van der Waals surface area contributed by atoms with Crippen LogP contribution in [-0.2, 0) is 23.7 Å². The van der Waals surface area contributed by atoms with Gasteiger partial charge in [-0.05, 0) is 12.1 Å². The van der Waals surface area contributed by atoms with Crippen molar-refractivity contribution in [3.63, 3.8) is 0 Å². The summed E-state index contributed by atoms with van der Waals surface area (Å²) < 4.78 is 27.0. The Morgan fingerprint density at radius 2 is 1.95 bits per heavy atom. The standard InChI is InChI=1S/C14H14O8/c1-18-7-4-5(2-3-6(7)15)13-21-11-10-9(20-14(11)22-13)8(16)12(17)19-10/h2-4,8-11,13-16H,1H3. The third-order valence-corrected chi connectivity index (χ3v) is 4.03. The van der Waals surface area contributed by atoms with Gasteiger partial charge in [0, 0.05) is 5.56 Å². The van der Waals surface area contributed by atoms with Gasteiger partial charge in [0.1, 0.15) is 6.10 Å². The van der Waals surface area contributed by atoms with E-state index in [4.69, 9.17) is 23.7 Å². The normalized spacial score (nSPS) is 39.5. The van der Waals surface area contributed by atoms with E-state index in [-0.39, 0.29) is 5.75 Å². The number of aliphatic hydroxyl groups is 1. The number of fused-ring (bicyclic) bond motifs is 3. The Hall–Kier alpha value is -1.87. The largest absolute Gasteiger partial charge is 0.504 e. The molecule has 1 aromatic rings. The number of aliphatic hydroxyl groups excluding tert-OH is 1. The van der Waals surface area contributed by atoms with Crippen molar-refractivity contribution in [2.24, 2.45) is 0 Å². The molecule has 8 nitrogen and oxygen atoms in total. The van der Waals surface area contributed by atoms with E-state index in [1.165, 1.54) is 13.2 Å². The summed E-state index contributed by atoms with van der Waals surface area (Å²) in [6, 6.07) is 4.70. The Balaban J connectivity index is 1.54. The highest BCUT2D eigenvalue weighted by molar-refractivity contribution is 5.78. The Morgan fingerprint density at radius 3 is 2.73 bits per heavy atom. The predicted molar refractivity (Wildman–Crippen MR) is 67.9 cm³/mol. The highest BCUT2D eigenvalue weighted by atomic mass is 16.8. The maximum Gasteiger partial charge on any atom is 0.338 e. The van der Waals surface area contributed by atoms with Crippen molar-refractivity contribution < 1.29 is 38.7 Å². The van der Waals surface area contributed by atoms with Crippen LogP contribution in [0.5, 0.6) is 11.5 Å². The lowest BCUT2D eigenvalue weighted by molar-refractivity contribution is -0.173. The first kappa shape index (κ1) is 13.8. The van der Waals surface area contributed by atoms with Crippen molar-refractivity contribution >= 4 is 5.97 Å². The minimum atomic E-state index is -1.31. The van der Waals surface area contributed by atoms with Crippen molar-refractivity contribution in [1.29, 1.82) is 0 Å². The molecule has 0 aromatic heterocycles. The van der Waals surface area contributed by atoms with Crippen molar-refractivity contribution in [3.8, 4) is 11.5 Å². The van der Waals surface area contributed by atoms with Gasteiger partial charge in [-0.25, -0.2) is 4.79 Å². The van der Waals surface area contributed by atoms with Gasteiger partial charge in [-0.15, -0.1) is 0 Å². The second-order valence-corrected chi connectivity index (χ2v) is 5.32. The number of ether oxygens (including phenoxy) is 5. The smallest absolute Gasteiger partial charge is 0.338 e. The summed E-state index contributed by atoms with van der Waals surface area (Å²) in [5.41, 5.74) is 0.633. The van der Waals surface area contributed by atoms with Gasteiger partial charge in [0.25, 0.3) is 0 Å². The minimum absolute atomic E-state index is 0.00796. The number of carbonyl (C=O) groups excluding carboxylic acids is 1. The molecular formula is C14H14O8. The van der Waals surface area contributed by atoms with Crippen molar-refractivity contribution in [1.82, 2.24) is 0 Å². The number of aromatic hydroxyl groups is 1. The van der Waals surface area contributed by atoms with E-state index in [9.17, 15) is 15.0 Å². The van der Waals surface area contributed by atoms with E-state index in [1.54, 1.807) is 12.1 Å². The first-order chi connectivity index (χ1) is 10.6. The van der Waals surface area contributed by atoms with Gasteiger partial charge in [0.2, 0.25) is 0 Å². The molecule has 3 aliphatic rings. The van der Waals surface area contributed by atoms with Gasteiger partial charge in [-0.1, -0.05) is 6.07 Å². The molecule has 3 heterocycles. The highest BCUT2D eigenvalue weighted by Gasteiger charge is 2.61. The van der Waals surface area contributed by atoms with Crippen LogP contribution in [0.3, 0.4) is 0 Å². The van der Waals surface area contributed by atoms with E-state index in [0.29, 0.717) is 11.3 Å². The quantitative estimate of drug-likeness (QED) is 0.725. The van der Waals surface area contributed by atoms with Crippen LogP contribution in [0.1, 0.15) is 11.9 Å². The molecule has 8 heteroatoms. The van der Waals surface area contributed by atoms with E-state index >= 15 is 0 Å². The molecule has 3 aliphatic heterocycles. The zero-order valence-corrected chi connectivity index (χ0v) is 11.5. The predicted octanol–water partition coefficient (Wildman–Crippen LogP) is -0.174. The van der Waals surface area contributed by atoms with Crippen LogP contribution in [0.4, 0.5) is 0 Å². The molecule has 3 fully saturated rings. The summed E-state index contributed by atoms with van der Waals surface area (Å²) in [6.45, 7) is 0. The molecule has 1 aromatic carbocycles. The van der Waals surface area contributed by atoms with Crippen molar-refractivity contribution in [2.45, 2.75) is 37.0 Å². The molecule has 0 bridgehead atoms. The number of carbonyl (C=O) groups is 1. The van der Waals surface area contributed by atoms with Crippen molar-refractivity contribution in [2.75, 3.05) is 7.11 Å². The SMILES string of the molecule is COc1cc(C2OC3OC4C(O)C(=O)OC4C3O2)ccc1O. The van der Waals surface area contributed by atoms with Gasteiger partial charge in [-0.2, -0.15) is 0 Å². The molecule has 0 radical (unpaired) electrons. The minimum Gasteiger partial charge on any atom is -0.504 e. The fourth-order valence-corrected chi connectivity index (χ4v) is 2.92. The van der Waals surface area contributed by atoms with Crippen LogP contribution in [0.15, 0.2) is 18.2 Å². The van der Waals surface area contributed by atoms with Gasteiger partial charge in [0.15, 0.2) is 42.4 Å². The first-order valence-electron chi connectivity index (χ1n) is 6.80. The summed E-state index contributed by atoms with van der Waals surface area (Å²) >= 11 is 0. The lowest BCUT2D eigenvalue weighted by Gasteiger charge is -2.17. The molecule has 4 rings (SSSR count). The average Bonchev–Trinajstić information content (AvgIpc) is 3.13. The van der Waals surface area contributed by atoms with Gasteiger partial charge in [-0.3, -0.25) is 0 Å². The summed E-state index contributed by atoms with van der Waals surface area (Å²) in [6.07, 6.45) is -4.82. The Bertz CT molecular complexity index is 617. The van der Waals surface area contributed by atoms with E-state index < -0.39 is 43.0 Å². The number of esters is 1. The molecule has 6 atom stereocenters. The number of hydrogen-bond donors (Lipinski definition) is 2. The number of benzene rings is 1. The second kappa shape index (κ2) is 4.82. The molecule has 6 unspecified atom stereocenters. The summed E-state index contributed by atoms with van der Waals surface area (Å²) in [5.74, 6) is -0.413. The number of rotatable bonds is 2. The molecule has 118 valence electrons. The van der Waals surface area contributed by atoms with Crippen LogP contribution >= 0.6 is 0 Å². The van der Waals surface area contributed by atoms with Gasteiger partial charge < -0.3 is 33.9 Å². The van der Waals surface area contributed by atoms with E-state index in [0.717, 1.165) is 0 Å². The third-order valence-electron chi connectivity index (χ3n) is 4.03. The number of hydrogen-bond acceptors (Lipinski definition) is 8. The number of phenolic OH excluding ortho intramolecular Hbond substituents is 1. The summed E-state index contributed by atoms with van der Waals surface area (Å²) in [7, 11) is 1.44. The zero-order valence-electron chi connectivity index (χ0n) is 11.5. The first-order valence-corrected chi connectivity index (χ1v) is 6.80. The van der Waals surface area contributed by atoms with Crippen LogP contribution < -0.4 is 4.74 Å². The maximum absolute atomic E-state index is 11.4. The Kier molecular flexibility index (Phi) is 3.01. The molecule has 0 aliphatic carbocycles. The molecule has 3 saturated heterocycles. The lowest BCUT2D eigenvalue weighted by atomic mass is 10.1. The Morgan fingerprint density at radius 1 is 1.14 bits per heavy atom. The van der Waals surface area contributed by atoms with Crippen LogP contribution in [-0.4, -0.2) is 54.0 Å². The number of methoxy groups -OCH3 is 1. The summed E-state index contributed by atoms with van der Waals surface area (Å²) in [5, 5.41) is 19.3. The van der Waals surface area contributed by atoms with Crippen LogP contribution in [0, 0.1) is 0 Å². The van der Waals surface area contributed by atoms with Crippen LogP contribution in [0.2, 0.25) is 0 Å². The fraction of sp³-hybridized carbons (Fsp3) is 0.500. The fourth-order valence-electron chi connectivity index (χ4n) is 2.92. The van der Waals surface area contributed by atoms with Crippen LogP contribution in [0.25, 0.3) is 0 Å². The molecular weight excluding hydrogens is 296 g/mol. The number of phenols is 1. The topological polar surface area (TPSA) is 104 Å². The lowest BCUT2D eigenvalue weighted by Crippen LogP contribution is -2.32. The highest BCUT2D eigenvalue weighted by Crippen LogP contribution is 2.44. The molecule has 0 spiro atoms. The maximum atomic E-state index is 11.4. The molecule has 0 saturated carbocycles. The molecule has 0 amide bonds. The monoisotopic (exact) mass is 310 g/mol. The summed E-state index contributed by atoms with van der Waals surface area (Å²) in [4.78, 5) is 11.4. The Labute approximate surface area is 125 Å².